The number of hydrogen-bond acceptors (Lipinski definition) is 5. The second kappa shape index (κ2) is 10.3. The molecule has 1 aliphatic heterocycles. The number of carbonyl (C=O) groups is 4. The molecular weight excluding hydrogens is 672 g/mol. The van der Waals surface area contributed by atoms with E-state index >= 15 is 0 Å². The van der Waals surface area contributed by atoms with Gasteiger partial charge in [-0.25, -0.2) is 4.90 Å². The lowest BCUT2D eigenvalue weighted by Gasteiger charge is -2.42. The Bertz CT molecular complexity index is 1780. The number of carbonyl (C=O) groups excluding carboxylic acids is 4. The van der Waals surface area contributed by atoms with Crippen LogP contribution in [0.1, 0.15) is 46.6 Å². The first-order valence-electron chi connectivity index (χ1n) is 13.8. The minimum atomic E-state index is -5.20. The van der Waals surface area contributed by atoms with Gasteiger partial charge in [0.05, 0.1) is 33.1 Å². The van der Waals surface area contributed by atoms with Gasteiger partial charge >= 0.3 is 12.4 Å². The smallest absolute Gasteiger partial charge is 0.416 e. The summed E-state index contributed by atoms with van der Waals surface area (Å²) in [5.41, 5.74) is -1.87. The number of aromatic hydroxyl groups is 1. The molecule has 1 heterocycles. The molecule has 234 valence electrons. The predicted molar refractivity (Wildman–Crippen MR) is 151 cm³/mol. The van der Waals surface area contributed by atoms with Crippen molar-refractivity contribution in [2.24, 2.45) is 17.8 Å². The molecule has 0 radical (unpaired) electrons. The number of fused-ring (bicyclic) bond motifs is 3. The number of imide groups is 1. The van der Waals surface area contributed by atoms with E-state index in [2.05, 4.69) is 15.9 Å². The van der Waals surface area contributed by atoms with Crippen molar-refractivity contribution < 1.29 is 50.6 Å². The molecular formula is C32H22BrF6NO5. The van der Waals surface area contributed by atoms with Crippen LogP contribution in [0, 0.1) is 31.6 Å². The van der Waals surface area contributed by atoms with E-state index in [-0.39, 0.29) is 40.3 Å². The maximum Gasteiger partial charge on any atom is 0.416 e. The van der Waals surface area contributed by atoms with Crippen molar-refractivity contribution in [3.8, 4) is 5.75 Å². The quantitative estimate of drug-likeness (QED) is 0.158. The first-order valence-corrected chi connectivity index (χ1v) is 14.6. The molecule has 2 aromatic carbocycles. The molecule has 1 N–H and O–H groups in total. The summed E-state index contributed by atoms with van der Waals surface area (Å²) in [6.07, 6.45) is -7.79. The summed E-state index contributed by atoms with van der Waals surface area (Å²) >= 11 is 3.11. The highest BCUT2D eigenvalue weighted by atomic mass is 79.9. The number of Topliss-reactive ketones (excluding diaryl/α,β-unsaturated/α-hetero) is 1. The van der Waals surface area contributed by atoms with Gasteiger partial charge in [-0.15, -0.1) is 0 Å². The standard InChI is InChI=1S/C32H22BrF6NO5/c1-12-5-14(6-13(2)27(12)42)24-18-3-4-19-25(20(18)10-21-26(24)23(41)11-22(33)28(21)43)30(45)40(29(19)44)17-8-15(31(34,35)36)7-16(9-17)32(37,38)39/h3,5-9,11,19-20,24-25,42H,4,10H2,1-2H3. The number of aryl methyl sites for hydroxylation is 2. The number of phenolic OH excluding ortho intramolecular Hbond substituents is 1. The first-order chi connectivity index (χ1) is 20.9. The zero-order valence-corrected chi connectivity index (χ0v) is 25.0. The monoisotopic (exact) mass is 693 g/mol. The molecule has 4 atom stereocenters. The molecule has 3 aliphatic carbocycles. The number of hydrogen-bond donors (Lipinski definition) is 1. The third kappa shape index (κ3) is 4.86. The van der Waals surface area contributed by atoms with Gasteiger partial charge in [0.1, 0.15) is 5.75 Å². The molecule has 2 aromatic rings. The van der Waals surface area contributed by atoms with Gasteiger partial charge in [-0.3, -0.25) is 19.2 Å². The van der Waals surface area contributed by atoms with Gasteiger partial charge in [-0.2, -0.15) is 26.3 Å². The van der Waals surface area contributed by atoms with E-state index in [1.165, 1.54) is 0 Å². The summed E-state index contributed by atoms with van der Waals surface area (Å²) in [5, 5.41) is 10.4. The fourth-order valence-corrected chi connectivity index (χ4v) is 7.51. The van der Waals surface area contributed by atoms with Crippen molar-refractivity contribution in [2.75, 3.05) is 4.90 Å². The van der Waals surface area contributed by atoms with Crippen LogP contribution in [0.2, 0.25) is 0 Å². The Balaban J connectivity index is 1.49. The lowest BCUT2D eigenvalue weighted by molar-refractivity contribution is -0.143. The minimum Gasteiger partial charge on any atom is -0.507 e. The van der Waals surface area contributed by atoms with Crippen LogP contribution in [0.3, 0.4) is 0 Å². The Morgan fingerprint density at radius 3 is 1.98 bits per heavy atom. The Morgan fingerprint density at radius 2 is 1.42 bits per heavy atom. The summed E-state index contributed by atoms with van der Waals surface area (Å²) in [4.78, 5) is 54.7. The van der Waals surface area contributed by atoms with Crippen LogP contribution < -0.4 is 4.90 Å². The van der Waals surface area contributed by atoms with Gasteiger partial charge in [-0.1, -0.05) is 23.8 Å². The molecule has 45 heavy (non-hydrogen) atoms. The lowest BCUT2D eigenvalue weighted by atomic mass is 9.59. The number of nitrogens with zero attached hydrogens (tertiary/aromatic N) is 1. The molecule has 2 amide bonds. The van der Waals surface area contributed by atoms with Crippen molar-refractivity contribution in [1.82, 2.24) is 0 Å². The molecule has 4 aliphatic rings. The zero-order valence-electron chi connectivity index (χ0n) is 23.4. The van der Waals surface area contributed by atoms with Crippen LogP contribution in [-0.4, -0.2) is 28.5 Å². The van der Waals surface area contributed by atoms with Gasteiger partial charge in [0, 0.05) is 23.1 Å². The van der Waals surface area contributed by atoms with Crippen molar-refractivity contribution in [3.05, 3.63) is 91.5 Å². The van der Waals surface area contributed by atoms with E-state index in [9.17, 15) is 50.6 Å². The van der Waals surface area contributed by atoms with Crippen LogP contribution in [0.25, 0.3) is 0 Å². The fraction of sp³-hybridized carbons (Fsp3) is 0.312. The molecule has 0 saturated carbocycles. The molecule has 1 fully saturated rings. The van der Waals surface area contributed by atoms with Crippen molar-refractivity contribution in [2.45, 2.75) is 45.0 Å². The van der Waals surface area contributed by atoms with Crippen molar-refractivity contribution >= 4 is 45.0 Å². The number of alkyl halides is 6. The Morgan fingerprint density at radius 1 is 0.844 bits per heavy atom. The Hall–Kier alpha value is -4.00. The van der Waals surface area contributed by atoms with Gasteiger partial charge in [-0.05, 0) is 83.4 Å². The second-order valence-corrected chi connectivity index (χ2v) is 12.5. The summed E-state index contributed by atoms with van der Waals surface area (Å²) in [6.45, 7) is 3.30. The molecule has 6 nitrogen and oxygen atoms in total. The second-order valence-electron chi connectivity index (χ2n) is 11.7. The maximum atomic E-state index is 14.0. The van der Waals surface area contributed by atoms with Crippen LogP contribution in [0.4, 0.5) is 32.0 Å². The van der Waals surface area contributed by atoms with E-state index in [4.69, 9.17) is 0 Å². The molecule has 0 aromatic heterocycles. The van der Waals surface area contributed by atoms with Gasteiger partial charge < -0.3 is 5.11 Å². The predicted octanol–water partition coefficient (Wildman–Crippen LogP) is 7.01. The third-order valence-corrected chi connectivity index (χ3v) is 9.60. The highest BCUT2D eigenvalue weighted by molar-refractivity contribution is 9.12. The average molecular weight is 694 g/mol. The van der Waals surface area contributed by atoms with E-state index < -0.39 is 76.2 Å². The fourth-order valence-electron chi connectivity index (χ4n) is 7.06. The topological polar surface area (TPSA) is 91.8 Å². The molecule has 4 unspecified atom stereocenters. The van der Waals surface area contributed by atoms with Gasteiger partial charge in [0.25, 0.3) is 0 Å². The van der Waals surface area contributed by atoms with E-state index in [0.717, 1.165) is 6.08 Å². The van der Waals surface area contributed by atoms with Crippen LogP contribution in [0.15, 0.2) is 63.7 Å². The van der Waals surface area contributed by atoms with Crippen LogP contribution in [-0.2, 0) is 31.5 Å². The number of rotatable bonds is 2. The number of halogens is 7. The zero-order chi connectivity index (χ0) is 32.9. The number of amides is 2. The molecule has 6 rings (SSSR count). The summed E-state index contributed by atoms with van der Waals surface area (Å²) in [7, 11) is 0. The van der Waals surface area contributed by atoms with E-state index in [1.807, 2.05) is 0 Å². The van der Waals surface area contributed by atoms with E-state index in [0.29, 0.717) is 39.3 Å². The van der Waals surface area contributed by atoms with Crippen LogP contribution in [0.5, 0.6) is 5.75 Å². The number of ketones is 2. The number of allylic oxidation sites excluding steroid dienone is 6. The number of benzene rings is 2. The van der Waals surface area contributed by atoms with Crippen LogP contribution >= 0.6 is 15.9 Å². The SMILES string of the molecule is Cc1cc(C2C3=CCC4C(=O)N(c5cc(C(F)(F)F)cc(C(F)(F)F)c5)C(=O)C4C3CC3=C2C(=O)C=C(Br)C3=O)cc(C)c1O. The van der Waals surface area contributed by atoms with Gasteiger partial charge in [0.15, 0.2) is 11.6 Å². The highest BCUT2D eigenvalue weighted by Gasteiger charge is 2.57. The summed E-state index contributed by atoms with van der Waals surface area (Å²) in [5.74, 6) is -6.93. The normalized spacial score (nSPS) is 25.2. The highest BCUT2D eigenvalue weighted by Crippen LogP contribution is 2.56. The number of anilines is 1. The Labute approximate surface area is 260 Å². The molecule has 1 saturated heterocycles. The third-order valence-electron chi connectivity index (χ3n) is 9.01. The van der Waals surface area contributed by atoms with Gasteiger partial charge in [0.2, 0.25) is 11.8 Å². The summed E-state index contributed by atoms with van der Waals surface area (Å²) in [6, 6.07) is 3.89. The van der Waals surface area contributed by atoms with Crippen molar-refractivity contribution in [1.29, 1.82) is 0 Å². The largest absolute Gasteiger partial charge is 0.507 e. The van der Waals surface area contributed by atoms with Crippen molar-refractivity contribution in [3.63, 3.8) is 0 Å². The Kier molecular flexibility index (Phi) is 7.07. The first kappa shape index (κ1) is 31.0. The van der Waals surface area contributed by atoms with E-state index in [1.54, 1.807) is 32.1 Å². The molecule has 0 spiro atoms. The minimum absolute atomic E-state index is 0.0121. The summed E-state index contributed by atoms with van der Waals surface area (Å²) < 4.78 is 81.7. The lowest BCUT2D eigenvalue weighted by Crippen LogP contribution is -2.39. The molecule has 0 bridgehead atoms. The molecule has 13 heteroatoms. The average Bonchev–Trinajstić information content (AvgIpc) is 3.21. The maximum absolute atomic E-state index is 14.0. The number of phenols is 1.